The van der Waals surface area contributed by atoms with Crippen molar-refractivity contribution in [2.75, 3.05) is 19.5 Å². The molecule has 1 aromatic carbocycles. The quantitative estimate of drug-likeness (QED) is 0.894. The van der Waals surface area contributed by atoms with E-state index < -0.39 is 5.60 Å². The molecule has 0 radical (unpaired) electrons. The minimum absolute atomic E-state index is 0.218. The molecule has 5 nitrogen and oxygen atoms in total. The molecule has 0 heterocycles. The number of nitriles is 1. The zero-order chi connectivity index (χ0) is 14.8. The van der Waals surface area contributed by atoms with Gasteiger partial charge in [0.25, 0.3) is 5.91 Å². The molecule has 1 saturated carbocycles. The van der Waals surface area contributed by atoms with Crippen LogP contribution in [0.1, 0.15) is 25.3 Å². The van der Waals surface area contributed by atoms with Crippen molar-refractivity contribution in [1.82, 2.24) is 0 Å². The van der Waals surface area contributed by atoms with E-state index in [2.05, 4.69) is 11.4 Å². The first kappa shape index (κ1) is 14.4. The number of nitrogens with one attached hydrogen (secondary N) is 1. The highest BCUT2D eigenvalue weighted by molar-refractivity contribution is 5.98. The van der Waals surface area contributed by atoms with Gasteiger partial charge in [-0.2, -0.15) is 5.26 Å². The molecule has 0 saturated heterocycles. The van der Waals surface area contributed by atoms with Gasteiger partial charge >= 0.3 is 0 Å². The average Bonchev–Trinajstić information content (AvgIpc) is 3.31. The van der Waals surface area contributed by atoms with E-state index in [0.29, 0.717) is 17.0 Å². The fourth-order valence-electron chi connectivity index (χ4n) is 2.18. The predicted octanol–water partition coefficient (Wildman–Crippen LogP) is 2.32. The van der Waals surface area contributed by atoms with E-state index in [-0.39, 0.29) is 11.8 Å². The van der Waals surface area contributed by atoms with E-state index in [9.17, 15) is 4.79 Å². The Labute approximate surface area is 118 Å². The number of benzene rings is 1. The third kappa shape index (κ3) is 2.61. The molecule has 20 heavy (non-hydrogen) atoms. The molecule has 1 aromatic rings. The van der Waals surface area contributed by atoms with E-state index in [0.717, 1.165) is 12.8 Å². The van der Waals surface area contributed by atoms with E-state index in [1.807, 2.05) is 0 Å². The third-order valence-corrected chi connectivity index (χ3v) is 3.83. The number of carbonyl (C=O) groups is 1. The summed E-state index contributed by atoms with van der Waals surface area (Å²) in [6.07, 6.45) is 1.98. The van der Waals surface area contributed by atoms with Gasteiger partial charge in [-0.15, -0.1) is 0 Å². The number of nitrogens with zero attached hydrogens (tertiary/aromatic N) is 1. The maximum absolute atomic E-state index is 12.4. The highest BCUT2D eigenvalue weighted by Crippen LogP contribution is 2.42. The summed E-state index contributed by atoms with van der Waals surface area (Å²) in [5.41, 5.74) is 0.00121. The van der Waals surface area contributed by atoms with Crippen molar-refractivity contribution in [3.8, 4) is 11.8 Å². The Morgan fingerprint density at radius 1 is 1.45 bits per heavy atom. The summed E-state index contributed by atoms with van der Waals surface area (Å²) < 4.78 is 10.5. The van der Waals surface area contributed by atoms with Gasteiger partial charge in [-0.1, -0.05) is 0 Å². The van der Waals surface area contributed by atoms with Gasteiger partial charge in [0.15, 0.2) is 0 Å². The minimum atomic E-state index is -0.841. The van der Waals surface area contributed by atoms with Crippen molar-refractivity contribution < 1.29 is 14.3 Å². The van der Waals surface area contributed by atoms with E-state index in [4.69, 9.17) is 14.7 Å². The topological polar surface area (TPSA) is 71.3 Å². The maximum Gasteiger partial charge on any atom is 0.256 e. The molecule has 5 heteroatoms. The van der Waals surface area contributed by atoms with Crippen LogP contribution < -0.4 is 10.1 Å². The Balaban J connectivity index is 2.21. The van der Waals surface area contributed by atoms with Crippen LogP contribution in [0.15, 0.2) is 18.2 Å². The Kier molecular flexibility index (Phi) is 3.96. The zero-order valence-electron chi connectivity index (χ0n) is 11.9. The number of carbonyl (C=O) groups excluding carboxylic acids is 1. The van der Waals surface area contributed by atoms with Crippen LogP contribution in [0.4, 0.5) is 5.69 Å². The lowest BCUT2D eigenvalue weighted by Crippen LogP contribution is -2.44. The molecule has 0 aliphatic heterocycles. The molecule has 0 unspecified atom stereocenters. The zero-order valence-corrected chi connectivity index (χ0v) is 11.9. The Hall–Kier alpha value is -2.06. The van der Waals surface area contributed by atoms with Gasteiger partial charge in [-0.05, 0) is 43.9 Å². The van der Waals surface area contributed by atoms with Crippen LogP contribution in [-0.2, 0) is 9.53 Å². The summed E-state index contributed by atoms with van der Waals surface area (Å²) in [4.78, 5) is 12.4. The summed E-state index contributed by atoms with van der Waals surface area (Å²) in [7, 11) is 3.07. The number of amides is 1. The number of ether oxygens (including phenoxy) is 2. The molecule has 1 atom stereocenters. The number of hydrogen-bond acceptors (Lipinski definition) is 4. The van der Waals surface area contributed by atoms with Crippen LogP contribution in [0.2, 0.25) is 0 Å². The average molecular weight is 274 g/mol. The predicted molar refractivity (Wildman–Crippen MR) is 74.5 cm³/mol. The Bertz CT molecular complexity index is 561. The molecule has 2 rings (SSSR count). The second-order valence-corrected chi connectivity index (χ2v) is 5.06. The fourth-order valence-corrected chi connectivity index (χ4v) is 2.18. The number of methoxy groups -OCH3 is 2. The largest absolute Gasteiger partial charge is 0.497 e. The van der Waals surface area contributed by atoms with Crippen LogP contribution >= 0.6 is 0 Å². The second-order valence-electron chi connectivity index (χ2n) is 5.06. The smallest absolute Gasteiger partial charge is 0.256 e. The van der Waals surface area contributed by atoms with Crippen LogP contribution in [0.5, 0.6) is 5.75 Å². The molecular weight excluding hydrogens is 256 g/mol. The molecule has 1 amide bonds. The lowest BCUT2D eigenvalue weighted by atomic mass is 9.98. The van der Waals surface area contributed by atoms with Crippen molar-refractivity contribution in [2.24, 2.45) is 5.92 Å². The minimum Gasteiger partial charge on any atom is -0.497 e. The van der Waals surface area contributed by atoms with Gasteiger partial charge in [-0.3, -0.25) is 4.79 Å². The highest BCUT2D eigenvalue weighted by Gasteiger charge is 2.47. The fraction of sp³-hybridized carbons (Fsp3) is 0.467. The lowest BCUT2D eigenvalue weighted by Gasteiger charge is -2.26. The SMILES string of the molecule is COc1ccc(NC(=O)[C@@](C)(OC)C2CC2)c(C#N)c1. The maximum atomic E-state index is 12.4. The van der Waals surface area contributed by atoms with Gasteiger partial charge in [0, 0.05) is 7.11 Å². The first-order valence-corrected chi connectivity index (χ1v) is 6.50. The summed E-state index contributed by atoms with van der Waals surface area (Å²) in [6.45, 7) is 1.79. The molecule has 106 valence electrons. The molecule has 1 N–H and O–H groups in total. The van der Waals surface area contributed by atoms with Gasteiger partial charge in [-0.25, -0.2) is 0 Å². The lowest BCUT2D eigenvalue weighted by molar-refractivity contribution is -0.138. The van der Waals surface area contributed by atoms with Gasteiger partial charge in [0.1, 0.15) is 17.4 Å². The molecule has 1 aliphatic rings. The van der Waals surface area contributed by atoms with E-state index in [1.165, 1.54) is 14.2 Å². The molecule has 1 fully saturated rings. The van der Waals surface area contributed by atoms with Crippen LogP contribution in [-0.4, -0.2) is 25.7 Å². The van der Waals surface area contributed by atoms with Crippen molar-refractivity contribution in [3.05, 3.63) is 23.8 Å². The Morgan fingerprint density at radius 3 is 2.65 bits per heavy atom. The number of anilines is 1. The van der Waals surface area contributed by atoms with Crippen LogP contribution in [0, 0.1) is 17.2 Å². The molecule has 0 bridgehead atoms. The summed E-state index contributed by atoms with van der Waals surface area (Å²) in [6, 6.07) is 7.02. The van der Waals surface area contributed by atoms with Crippen molar-refractivity contribution in [1.29, 1.82) is 5.26 Å². The summed E-state index contributed by atoms with van der Waals surface area (Å²) in [5, 5.41) is 11.9. The van der Waals surface area contributed by atoms with Gasteiger partial charge in [0.2, 0.25) is 0 Å². The van der Waals surface area contributed by atoms with E-state index >= 15 is 0 Å². The highest BCUT2D eigenvalue weighted by atomic mass is 16.5. The third-order valence-electron chi connectivity index (χ3n) is 3.83. The number of rotatable bonds is 5. The molecule has 1 aliphatic carbocycles. The first-order valence-electron chi connectivity index (χ1n) is 6.50. The molecule has 0 spiro atoms. The summed E-state index contributed by atoms with van der Waals surface area (Å²) >= 11 is 0. The Morgan fingerprint density at radius 2 is 2.15 bits per heavy atom. The van der Waals surface area contributed by atoms with Crippen molar-refractivity contribution in [3.63, 3.8) is 0 Å². The number of hydrogen-bond donors (Lipinski definition) is 1. The molecular formula is C15H18N2O3. The van der Waals surface area contributed by atoms with Gasteiger partial charge in [0.05, 0.1) is 18.4 Å². The first-order chi connectivity index (χ1) is 9.55. The second kappa shape index (κ2) is 5.51. The normalized spacial score (nSPS) is 16.9. The molecule has 0 aromatic heterocycles. The van der Waals surface area contributed by atoms with Crippen LogP contribution in [0.25, 0.3) is 0 Å². The van der Waals surface area contributed by atoms with Gasteiger partial charge < -0.3 is 14.8 Å². The van der Waals surface area contributed by atoms with Crippen molar-refractivity contribution >= 4 is 11.6 Å². The summed E-state index contributed by atoms with van der Waals surface area (Å²) in [5.74, 6) is 0.608. The van der Waals surface area contributed by atoms with Crippen molar-refractivity contribution in [2.45, 2.75) is 25.4 Å². The van der Waals surface area contributed by atoms with Crippen LogP contribution in [0.3, 0.4) is 0 Å². The van der Waals surface area contributed by atoms with E-state index in [1.54, 1.807) is 25.1 Å². The standard InChI is InChI=1S/C15H18N2O3/c1-15(20-3,11-4-5-11)14(18)17-13-7-6-12(19-2)8-10(13)9-16/h6-8,11H,4-5H2,1-3H3,(H,17,18)/t15-/m0/s1. The monoisotopic (exact) mass is 274 g/mol.